The van der Waals surface area contributed by atoms with E-state index in [2.05, 4.69) is 5.43 Å². The Morgan fingerprint density at radius 1 is 0.912 bits per heavy atom. The van der Waals surface area contributed by atoms with Crippen molar-refractivity contribution < 1.29 is 38.6 Å². The van der Waals surface area contributed by atoms with Crippen molar-refractivity contribution in [1.82, 2.24) is 5.01 Å². The molecule has 1 saturated carbocycles. The van der Waals surface area contributed by atoms with Crippen LogP contribution in [0.3, 0.4) is 0 Å². The normalized spacial score (nSPS) is 26.1. The summed E-state index contributed by atoms with van der Waals surface area (Å²) in [6.07, 6.45) is 4.13. The highest BCUT2D eigenvalue weighted by atomic mass is 35.5. The number of methoxy groups -OCH3 is 1. The SMILES string of the molecule is COc1ccc([C@@]23C(=O)N(Nc4ccc(Cl)cc4Cl)C(=O)[C@@H]2C[C@@H]2C(=CC[C@@H]4C(=O)N(c5ccc(C(C)=O)cc5)C(=O)[C@@H]42)[C@@H]3C2=COc3ccc(O)cc3C2)cc1. The lowest BCUT2D eigenvalue weighted by atomic mass is 9.48. The van der Waals surface area contributed by atoms with E-state index in [-0.39, 0.29) is 47.4 Å². The molecule has 4 aromatic rings. The van der Waals surface area contributed by atoms with Gasteiger partial charge in [-0.1, -0.05) is 47.0 Å². The first-order chi connectivity index (χ1) is 27.4. The number of fused-ring (bicyclic) bond motifs is 5. The lowest BCUT2D eigenvalue weighted by Gasteiger charge is -2.51. The van der Waals surface area contributed by atoms with Crippen LogP contribution in [0.4, 0.5) is 11.4 Å². The van der Waals surface area contributed by atoms with Crippen molar-refractivity contribution in [1.29, 1.82) is 0 Å². The third kappa shape index (κ3) is 5.58. The molecule has 0 radical (unpaired) electrons. The van der Waals surface area contributed by atoms with Gasteiger partial charge in [0, 0.05) is 28.5 Å². The van der Waals surface area contributed by atoms with Crippen LogP contribution in [0.2, 0.25) is 10.0 Å². The summed E-state index contributed by atoms with van der Waals surface area (Å²) in [6, 6.07) is 22.9. The minimum atomic E-state index is -1.57. The van der Waals surface area contributed by atoms with Crippen molar-refractivity contribution in [3.8, 4) is 17.2 Å². The molecule has 5 aliphatic rings. The molecule has 0 spiro atoms. The second kappa shape index (κ2) is 13.6. The molecular formula is C44H35Cl2N3O8. The number of rotatable bonds is 7. The van der Waals surface area contributed by atoms with Gasteiger partial charge in [-0.15, -0.1) is 0 Å². The first-order valence-electron chi connectivity index (χ1n) is 18.5. The number of allylic oxidation sites excluding steroid dienone is 3. The van der Waals surface area contributed by atoms with Crippen LogP contribution >= 0.6 is 23.2 Å². The largest absolute Gasteiger partial charge is 0.508 e. The van der Waals surface area contributed by atoms with E-state index in [1.54, 1.807) is 79.1 Å². The molecule has 2 aliphatic carbocycles. The third-order valence-electron chi connectivity index (χ3n) is 12.3. The fraction of sp³-hybridized carbons (Fsp3) is 0.250. The standard InChI is InChI=1S/C44H35Cl2N3O8/c1-22(50)23-3-8-28(9-4-23)48-40(52)32-14-13-31-33(38(32)42(48)54)20-34-41(53)49(47-36-15-7-27(45)19-35(36)46)43(55)44(34,26-5-11-30(56-2)12-6-26)39(31)25-17-24-18-29(51)10-16-37(24)57-21-25/h3-13,15-16,18-19,21,32-34,38-39,47,51H,14,17,20H2,1-2H3/t32-,33+,34-,38-,39-,44+/m0/s1. The quantitative estimate of drug-likeness (QED) is 0.111. The minimum Gasteiger partial charge on any atom is -0.508 e. The number of amides is 4. The summed E-state index contributed by atoms with van der Waals surface area (Å²) >= 11 is 12.8. The Hall–Kier alpha value is -5.91. The Balaban J connectivity index is 1.22. The zero-order valence-corrected chi connectivity index (χ0v) is 32.2. The Morgan fingerprint density at radius 3 is 2.37 bits per heavy atom. The van der Waals surface area contributed by atoms with E-state index in [0.29, 0.717) is 44.5 Å². The van der Waals surface area contributed by atoms with E-state index < -0.39 is 52.7 Å². The maximum atomic E-state index is 15.5. The molecule has 288 valence electrons. The predicted octanol–water partition coefficient (Wildman–Crippen LogP) is 7.45. The number of imide groups is 2. The molecular weight excluding hydrogens is 769 g/mol. The molecule has 4 amide bonds. The molecule has 11 nitrogen and oxygen atoms in total. The molecule has 0 bridgehead atoms. The van der Waals surface area contributed by atoms with Gasteiger partial charge in [0.2, 0.25) is 11.8 Å². The number of hydrogen-bond acceptors (Lipinski definition) is 9. The van der Waals surface area contributed by atoms with Gasteiger partial charge in [0.1, 0.15) is 17.2 Å². The van der Waals surface area contributed by atoms with E-state index in [4.69, 9.17) is 32.7 Å². The highest BCUT2D eigenvalue weighted by molar-refractivity contribution is 6.36. The summed E-state index contributed by atoms with van der Waals surface area (Å²) in [7, 11) is 1.54. The van der Waals surface area contributed by atoms with Crippen molar-refractivity contribution in [2.45, 2.75) is 31.6 Å². The molecule has 2 saturated heterocycles. The zero-order valence-electron chi connectivity index (χ0n) is 30.7. The number of ether oxygens (including phenoxy) is 2. The fourth-order valence-electron chi connectivity index (χ4n) is 9.76. The summed E-state index contributed by atoms with van der Waals surface area (Å²) in [4.78, 5) is 72.6. The highest BCUT2D eigenvalue weighted by Crippen LogP contribution is 2.63. The molecule has 0 unspecified atom stereocenters. The van der Waals surface area contributed by atoms with E-state index in [9.17, 15) is 19.5 Å². The van der Waals surface area contributed by atoms with Crippen molar-refractivity contribution >= 4 is 64.0 Å². The maximum absolute atomic E-state index is 15.5. The summed E-state index contributed by atoms with van der Waals surface area (Å²) in [5.74, 6) is -4.88. The lowest BCUT2D eigenvalue weighted by Crippen LogP contribution is -2.55. The van der Waals surface area contributed by atoms with Gasteiger partial charge >= 0.3 is 0 Å². The Labute approximate surface area is 337 Å². The average molecular weight is 805 g/mol. The van der Waals surface area contributed by atoms with Gasteiger partial charge in [-0.3, -0.25) is 34.3 Å². The van der Waals surface area contributed by atoms with E-state index in [1.165, 1.54) is 31.1 Å². The molecule has 9 rings (SSSR count). The van der Waals surface area contributed by atoms with Crippen LogP contribution in [-0.2, 0) is 31.0 Å². The topological polar surface area (TPSA) is 143 Å². The Kier molecular flexibility index (Phi) is 8.78. The number of nitrogens with zero attached hydrogens (tertiary/aromatic N) is 2. The molecule has 13 heteroatoms. The second-order valence-electron chi connectivity index (χ2n) is 15.1. The van der Waals surface area contributed by atoms with Crippen LogP contribution in [0, 0.1) is 29.6 Å². The van der Waals surface area contributed by atoms with Gasteiger partial charge in [-0.2, -0.15) is 5.01 Å². The number of phenolic OH excluding ortho intramolecular Hbond substituents is 1. The minimum absolute atomic E-state index is 0.0384. The van der Waals surface area contributed by atoms with Gasteiger partial charge in [0.15, 0.2) is 5.78 Å². The number of hydrogen-bond donors (Lipinski definition) is 2. The number of aromatic hydroxyl groups is 1. The lowest BCUT2D eigenvalue weighted by molar-refractivity contribution is -0.139. The molecule has 4 aromatic carbocycles. The number of anilines is 2. The number of carbonyl (C=O) groups excluding carboxylic acids is 5. The van der Waals surface area contributed by atoms with Crippen LogP contribution in [0.25, 0.3) is 0 Å². The number of nitrogens with one attached hydrogen (secondary N) is 1. The van der Waals surface area contributed by atoms with Crippen LogP contribution < -0.4 is 19.8 Å². The molecule has 3 aliphatic heterocycles. The number of carbonyl (C=O) groups is 5. The zero-order chi connectivity index (χ0) is 39.9. The first-order valence-corrected chi connectivity index (χ1v) is 19.3. The van der Waals surface area contributed by atoms with E-state index in [1.807, 2.05) is 6.08 Å². The van der Waals surface area contributed by atoms with Crippen LogP contribution in [0.15, 0.2) is 108 Å². The van der Waals surface area contributed by atoms with Gasteiger partial charge in [-0.25, -0.2) is 0 Å². The number of ketones is 1. The van der Waals surface area contributed by atoms with Crippen molar-refractivity contribution in [3.63, 3.8) is 0 Å². The number of phenols is 1. The van der Waals surface area contributed by atoms with Gasteiger partial charge in [0.25, 0.3) is 11.8 Å². The number of benzene rings is 4. The average Bonchev–Trinajstić information content (AvgIpc) is 3.59. The molecule has 0 aromatic heterocycles. The summed E-state index contributed by atoms with van der Waals surface area (Å²) < 4.78 is 11.7. The Bertz CT molecular complexity index is 2480. The third-order valence-corrected chi connectivity index (χ3v) is 12.8. The van der Waals surface area contributed by atoms with Gasteiger partial charge in [-0.05, 0) is 110 Å². The number of halogens is 2. The summed E-state index contributed by atoms with van der Waals surface area (Å²) in [6.45, 7) is 1.44. The first kappa shape index (κ1) is 36.7. The number of Topliss-reactive ketones (excluding diaryl/α,β-unsaturated/α-hetero) is 1. The summed E-state index contributed by atoms with van der Waals surface area (Å²) in [5.41, 5.74) is 5.16. The summed E-state index contributed by atoms with van der Waals surface area (Å²) in [5, 5.41) is 12.1. The number of hydrazine groups is 1. The van der Waals surface area contributed by atoms with Crippen molar-refractivity contribution in [2.75, 3.05) is 17.4 Å². The second-order valence-corrected chi connectivity index (χ2v) is 16.0. The predicted molar refractivity (Wildman–Crippen MR) is 211 cm³/mol. The van der Waals surface area contributed by atoms with Gasteiger partial charge < -0.3 is 14.6 Å². The van der Waals surface area contributed by atoms with E-state index in [0.717, 1.165) is 10.6 Å². The van der Waals surface area contributed by atoms with Crippen molar-refractivity contribution in [2.24, 2.45) is 29.6 Å². The fourth-order valence-corrected chi connectivity index (χ4v) is 10.2. The Morgan fingerprint density at radius 2 is 1.67 bits per heavy atom. The smallest absolute Gasteiger partial charge is 0.260 e. The monoisotopic (exact) mass is 803 g/mol. The maximum Gasteiger partial charge on any atom is 0.260 e. The molecule has 57 heavy (non-hydrogen) atoms. The molecule has 3 fully saturated rings. The van der Waals surface area contributed by atoms with Crippen LogP contribution in [0.5, 0.6) is 17.2 Å². The van der Waals surface area contributed by atoms with Crippen molar-refractivity contribution in [3.05, 3.63) is 135 Å². The van der Waals surface area contributed by atoms with Crippen LogP contribution in [-0.4, -0.2) is 46.6 Å². The molecule has 6 atom stereocenters. The van der Waals surface area contributed by atoms with Crippen LogP contribution in [0.1, 0.15) is 41.3 Å². The highest BCUT2D eigenvalue weighted by Gasteiger charge is 2.71. The molecule has 2 N–H and O–H groups in total. The van der Waals surface area contributed by atoms with Gasteiger partial charge in [0.05, 0.1) is 52.9 Å². The van der Waals surface area contributed by atoms with E-state index >= 15 is 9.59 Å². The molecule has 3 heterocycles.